The van der Waals surface area contributed by atoms with Crippen molar-refractivity contribution in [3.8, 4) is 0 Å². The van der Waals surface area contributed by atoms with Crippen molar-refractivity contribution in [3.05, 3.63) is 45.5 Å². The molecule has 0 N–H and O–H groups in total. The molecule has 3 rings (SSSR count). The molecule has 1 aliphatic rings. The molecule has 1 heterocycles. The number of nitrogens with zero attached hydrogens (tertiary/aromatic N) is 2. The van der Waals surface area contributed by atoms with Gasteiger partial charge in [0.25, 0.3) is 0 Å². The summed E-state index contributed by atoms with van der Waals surface area (Å²) < 4.78 is 5.33. The van der Waals surface area contributed by atoms with Gasteiger partial charge >= 0.3 is 0 Å². The van der Waals surface area contributed by atoms with E-state index in [4.69, 9.17) is 27.7 Å². The molecule has 1 aromatic carbocycles. The number of rotatable bonds is 3. The summed E-state index contributed by atoms with van der Waals surface area (Å²) in [6.45, 7) is 0. The van der Waals surface area contributed by atoms with Crippen molar-refractivity contribution in [1.29, 1.82) is 0 Å². The molecule has 1 aliphatic carbocycles. The average molecular weight is 325 g/mol. The van der Waals surface area contributed by atoms with Crippen molar-refractivity contribution in [2.45, 2.75) is 38.0 Å². The van der Waals surface area contributed by atoms with Crippen LogP contribution in [0.1, 0.15) is 48.9 Å². The highest BCUT2D eigenvalue weighted by Crippen LogP contribution is 2.30. The van der Waals surface area contributed by atoms with Crippen molar-refractivity contribution in [1.82, 2.24) is 10.1 Å². The topological polar surface area (TPSA) is 56.0 Å². The first-order valence-electron chi connectivity index (χ1n) is 6.90. The number of Topliss-reactive ketones (excluding diaryl/α,β-unsaturated/α-hetero) is 1. The molecular weight excluding hydrogens is 311 g/mol. The molecule has 1 aromatic heterocycles. The normalized spacial score (nSPS) is 16.4. The maximum atomic E-state index is 11.3. The van der Waals surface area contributed by atoms with Crippen molar-refractivity contribution in [2.75, 3.05) is 0 Å². The van der Waals surface area contributed by atoms with E-state index in [1.807, 2.05) is 6.07 Å². The van der Waals surface area contributed by atoms with Crippen LogP contribution in [0.3, 0.4) is 0 Å². The molecule has 0 bridgehead atoms. The van der Waals surface area contributed by atoms with Crippen LogP contribution in [0.5, 0.6) is 0 Å². The van der Waals surface area contributed by atoms with Gasteiger partial charge in [-0.05, 0) is 30.5 Å². The highest BCUT2D eigenvalue weighted by atomic mass is 35.5. The lowest BCUT2D eigenvalue weighted by Crippen LogP contribution is -2.12. The molecule has 1 saturated carbocycles. The monoisotopic (exact) mass is 324 g/mol. The summed E-state index contributed by atoms with van der Waals surface area (Å²) in [6.07, 6.45) is 3.30. The van der Waals surface area contributed by atoms with Gasteiger partial charge in [-0.3, -0.25) is 4.79 Å². The third-order valence-electron chi connectivity index (χ3n) is 3.74. The molecule has 0 spiro atoms. The minimum absolute atomic E-state index is 0.199. The maximum absolute atomic E-state index is 11.3. The number of carbonyl (C=O) groups is 1. The molecule has 0 amide bonds. The predicted molar refractivity (Wildman–Crippen MR) is 79.8 cm³/mol. The third-order valence-corrected chi connectivity index (χ3v) is 4.33. The molecular formula is C15H14Cl2N2O2. The summed E-state index contributed by atoms with van der Waals surface area (Å²) in [5.41, 5.74) is 0.909. The van der Waals surface area contributed by atoms with Gasteiger partial charge in [0.1, 0.15) is 5.78 Å². The van der Waals surface area contributed by atoms with Gasteiger partial charge in [-0.2, -0.15) is 4.98 Å². The van der Waals surface area contributed by atoms with Gasteiger partial charge in [0.15, 0.2) is 5.82 Å². The second-order valence-electron chi connectivity index (χ2n) is 5.27. The minimum atomic E-state index is 0.199. The molecule has 0 radical (unpaired) electrons. The molecule has 0 aliphatic heterocycles. The summed E-state index contributed by atoms with van der Waals surface area (Å²) in [7, 11) is 0. The summed E-state index contributed by atoms with van der Waals surface area (Å²) in [5.74, 6) is 1.75. The van der Waals surface area contributed by atoms with Crippen LogP contribution < -0.4 is 0 Å². The lowest BCUT2D eigenvalue weighted by Gasteiger charge is -2.16. The first-order valence-corrected chi connectivity index (χ1v) is 7.65. The predicted octanol–water partition coefficient (Wildman–Crippen LogP) is 4.19. The summed E-state index contributed by atoms with van der Waals surface area (Å²) in [6, 6.07) is 5.35. The molecule has 110 valence electrons. The fourth-order valence-corrected chi connectivity index (χ4v) is 3.00. The number of aromatic nitrogens is 2. The second-order valence-corrected chi connectivity index (χ2v) is 6.12. The number of halogens is 2. The number of carbonyl (C=O) groups excluding carboxylic acids is 1. The number of ketones is 1. The van der Waals surface area contributed by atoms with Crippen molar-refractivity contribution in [3.63, 3.8) is 0 Å². The lowest BCUT2D eigenvalue weighted by molar-refractivity contribution is -0.120. The smallest absolute Gasteiger partial charge is 0.229 e. The van der Waals surface area contributed by atoms with Crippen molar-refractivity contribution < 1.29 is 9.32 Å². The van der Waals surface area contributed by atoms with Crippen LogP contribution in [0.2, 0.25) is 10.0 Å². The van der Waals surface area contributed by atoms with E-state index in [1.165, 1.54) is 0 Å². The standard InChI is InChI=1S/C15H14Cl2N2O2/c16-11-4-1-10(13(17)8-11)7-14-18-15(21-19-14)9-2-5-12(20)6-3-9/h1,4,8-9H,2-3,5-7H2. The minimum Gasteiger partial charge on any atom is -0.339 e. The molecule has 4 nitrogen and oxygen atoms in total. The molecule has 1 fully saturated rings. The van der Waals surface area contributed by atoms with Gasteiger partial charge in [-0.1, -0.05) is 34.4 Å². The quantitative estimate of drug-likeness (QED) is 0.849. The van der Waals surface area contributed by atoms with E-state index >= 15 is 0 Å². The van der Waals surface area contributed by atoms with Crippen LogP contribution in [0.15, 0.2) is 22.7 Å². The van der Waals surface area contributed by atoms with Gasteiger partial charge in [0.05, 0.1) is 0 Å². The van der Waals surface area contributed by atoms with E-state index in [2.05, 4.69) is 10.1 Å². The van der Waals surface area contributed by atoms with Crippen LogP contribution >= 0.6 is 23.2 Å². The molecule has 6 heteroatoms. The summed E-state index contributed by atoms with van der Waals surface area (Å²) in [4.78, 5) is 15.7. The summed E-state index contributed by atoms with van der Waals surface area (Å²) in [5, 5.41) is 5.20. The SMILES string of the molecule is O=C1CCC(c2nc(Cc3ccc(Cl)cc3Cl)no2)CC1. The molecule has 2 aromatic rings. The zero-order chi connectivity index (χ0) is 14.8. The van der Waals surface area contributed by atoms with Crippen LogP contribution in [0.25, 0.3) is 0 Å². The van der Waals surface area contributed by atoms with E-state index in [9.17, 15) is 4.79 Å². The van der Waals surface area contributed by atoms with Crippen LogP contribution in [-0.4, -0.2) is 15.9 Å². The molecule has 0 unspecified atom stereocenters. The Hall–Kier alpha value is -1.39. The van der Waals surface area contributed by atoms with E-state index in [-0.39, 0.29) is 5.92 Å². The Balaban J connectivity index is 1.71. The Morgan fingerprint density at radius 2 is 2.00 bits per heavy atom. The first kappa shape index (κ1) is 14.5. The van der Waals surface area contributed by atoms with Gasteiger partial charge in [0.2, 0.25) is 5.89 Å². The lowest BCUT2D eigenvalue weighted by atomic mass is 9.88. The highest BCUT2D eigenvalue weighted by molar-refractivity contribution is 6.35. The van der Waals surface area contributed by atoms with Crippen molar-refractivity contribution in [2.24, 2.45) is 0 Å². The van der Waals surface area contributed by atoms with Crippen LogP contribution in [0, 0.1) is 0 Å². The van der Waals surface area contributed by atoms with Gasteiger partial charge < -0.3 is 4.52 Å². The van der Waals surface area contributed by atoms with Gasteiger partial charge in [-0.15, -0.1) is 0 Å². The Morgan fingerprint density at radius 1 is 1.24 bits per heavy atom. The Labute approximate surface area is 132 Å². The van der Waals surface area contributed by atoms with E-state index in [0.717, 1.165) is 18.4 Å². The van der Waals surface area contributed by atoms with E-state index in [0.29, 0.717) is 46.8 Å². The van der Waals surface area contributed by atoms with Crippen LogP contribution in [0.4, 0.5) is 0 Å². The average Bonchev–Trinajstić information content (AvgIpc) is 2.91. The molecule has 0 atom stereocenters. The maximum Gasteiger partial charge on any atom is 0.229 e. The number of hydrogen-bond donors (Lipinski definition) is 0. The summed E-state index contributed by atoms with van der Waals surface area (Å²) >= 11 is 12.0. The van der Waals surface area contributed by atoms with E-state index in [1.54, 1.807) is 12.1 Å². The third kappa shape index (κ3) is 3.44. The molecule has 0 saturated heterocycles. The fourth-order valence-electron chi connectivity index (χ4n) is 2.53. The zero-order valence-electron chi connectivity index (χ0n) is 11.3. The highest BCUT2D eigenvalue weighted by Gasteiger charge is 2.25. The van der Waals surface area contributed by atoms with Gasteiger partial charge in [-0.25, -0.2) is 0 Å². The Bertz CT molecular complexity index is 659. The number of benzene rings is 1. The molecule has 21 heavy (non-hydrogen) atoms. The first-order chi connectivity index (χ1) is 10.1. The Kier molecular flexibility index (Phi) is 4.27. The zero-order valence-corrected chi connectivity index (χ0v) is 12.8. The van der Waals surface area contributed by atoms with Crippen LogP contribution in [-0.2, 0) is 11.2 Å². The Morgan fingerprint density at radius 3 is 2.71 bits per heavy atom. The van der Waals surface area contributed by atoms with Gasteiger partial charge in [0, 0.05) is 35.2 Å². The van der Waals surface area contributed by atoms with E-state index < -0.39 is 0 Å². The largest absolute Gasteiger partial charge is 0.339 e. The fraction of sp³-hybridized carbons (Fsp3) is 0.400. The van der Waals surface area contributed by atoms with Crippen molar-refractivity contribution >= 4 is 29.0 Å². The number of hydrogen-bond acceptors (Lipinski definition) is 4. The second kappa shape index (κ2) is 6.16.